The van der Waals surface area contributed by atoms with Crippen LogP contribution in [-0.4, -0.2) is 22.1 Å². The number of aryl methyl sites for hydroxylation is 1. The quantitative estimate of drug-likeness (QED) is 0.835. The number of nitrogens with zero attached hydrogens (tertiary/aromatic N) is 2. The SMILES string of the molecule is CNc1nc(-c2cccc(O)c2)nc(C)c1F. The molecule has 0 saturated heterocycles. The molecule has 0 bridgehead atoms. The minimum absolute atomic E-state index is 0.124. The molecular formula is C12H12FN3O. The average Bonchev–Trinajstić information content (AvgIpc) is 2.32. The number of nitrogens with one attached hydrogen (secondary N) is 1. The molecule has 17 heavy (non-hydrogen) atoms. The molecule has 88 valence electrons. The fourth-order valence-electron chi connectivity index (χ4n) is 1.50. The largest absolute Gasteiger partial charge is 0.508 e. The van der Waals surface area contributed by atoms with Gasteiger partial charge in [0.15, 0.2) is 17.5 Å². The summed E-state index contributed by atoms with van der Waals surface area (Å²) < 4.78 is 13.5. The third kappa shape index (κ3) is 2.18. The maximum Gasteiger partial charge on any atom is 0.186 e. The standard InChI is InChI=1S/C12H12FN3O/c1-7-10(13)12(14-2)16-11(15-7)8-4-3-5-9(17)6-8/h3-6,17H,1-2H3,(H,14,15,16). The summed E-state index contributed by atoms with van der Waals surface area (Å²) in [6.07, 6.45) is 0. The molecule has 1 aromatic carbocycles. The van der Waals surface area contributed by atoms with Crippen LogP contribution >= 0.6 is 0 Å². The van der Waals surface area contributed by atoms with Gasteiger partial charge in [-0.25, -0.2) is 14.4 Å². The smallest absolute Gasteiger partial charge is 0.186 e. The van der Waals surface area contributed by atoms with E-state index in [1.165, 1.54) is 6.07 Å². The first-order valence-electron chi connectivity index (χ1n) is 5.13. The number of hydrogen-bond donors (Lipinski definition) is 2. The molecule has 1 heterocycles. The Bertz CT molecular complexity index is 557. The van der Waals surface area contributed by atoms with Crippen molar-refractivity contribution in [3.8, 4) is 17.1 Å². The van der Waals surface area contributed by atoms with Crippen molar-refractivity contribution >= 4 is 5.82 Å². The predicted molar refractivity (Wildman–Crippen MR) is 63.4 cm³/mol. The predicted octanol–water partition coefficient (Wildman–Crippen LogP) is 2.34. The molecule has 2 rings (SSSR count). The Morgan fingerprint density at radius 3 is 2.71 bits per heavy atom. The minimum atomic E-state index is -0.462. The Hall–Kier alpha value is -2.17. The van der Waals surface area contributed by atoms with E-state index < -0.39 is 5.82 Å². The Morgan fingerprint density at radius 2 is 2.06 bits per heavy atom. The van der Waals surface area contributed by atoms with Crippen LogP contribution in [0.5, 0.6) is 5.75 Å². The number of hydrogen-bond acceptors (Lipinski definition) is 4. The second kappa shape index (κ2) is 4.37. The lowest BCUT2D eigenvalue weighted by Crippen LogP contribution is -2.03. The van der Waals surface area contributed by atoms with Crippen LogP contribution in [0.4, 0.5) is 10.2 Å². The van der Waals surface area contributed by atoms with E-state index in [0.717, 1.165) is 0 Å². The Balaban J connectivity index is 2.56. The van der Waals surface area contributed by atoms with Crippen molar-refractivity contribution in [1.82, 2.24) is 9.97 Å². The van der Waals surface area contributed by atoms with E-state index in [-0.39, 0.29) is 17.3 Å². The van der Waals surface area contributed by atoms with Gasteiger partial charge < -0.3 is 10.4 Å². The number of rotatable bonds is 2. The van der Waals surface area contributed by atoms with Gasteiger partial charge in [0.05, 0.1) is 5.69 Å². The van der Waals surface area contributed by atoms with Crippen molar-refractivity contribution < 1.29 is 9.50 Å². The third-order valence-corrected chi connectivity index (χ3v) is 2.36. The van der Waals surface area contributed by atoms with Gasteiger partial charge >= 0.3 is 0 Å². The Morgan fingerprint density at radius 1 is 1.29 bits per heavy atom. The summed E-state index contributed by atoms with van der Waals surface area (Å²) >= 11 is 0. The lowest BCUT2D eigenvalue weighted by Gasteiger charge is -2.07. The van der Waals surface area contributed by atoms with Gasteiger partial charge in [0.25, 0.3) is 0 Å². The van der Waals surface area contributed by atoms with Gasteiger partial charge in [-0.05, 0) is 19.1 Å². The van der Waals surface area contributed by atoms with Gasteiger partial charge in [-0.2, -0.15) is 0 Å². The van der Waals surface area contributed by atoms with Gasteiger partial charge in [-0.1, -0.05) is 12.1 Å². The van der Waals surface area contributed by atoms with Crippen LogP contribution in [-0.2, 0) is 0 Å². The molecule has 0 atom stereocenters. The molecular weight excluding hydrogens is 221 g/mol. The average molecular weight is 233 g/mol. The maximum atomic E-state index is 13.5. The monoisotopic (exact) mass is 233 g/mol. The number of halogens is 1. The van der Waals surface area contributed by atoms with E-state index in [4.69, 9.17) is 0 Å². The highest BCUT2D eigenvalue weighted by atomic mass is 19.1. The zero-order valence-electron chi connectivity index (χ0n) is 9.53. The number of anilines is 1. The second-order valence-electron chi connectivity index (χ2n) is 3.60. The van der Waals surface area contributed by atoms with E-state index >= 15 is 0 Å². The van der Waals surface area contributed by atoms with Crippen molar-refractivity contribution in [2.75, 3.05) is 12.4 Å². The van der Waals surface area contributed by atoms with Gasteiger partial charge in [-0.3, -0.25) is 0 Å². The highest BCUT2D eigenvalue weighted by Gasteiger charge is 2.11. The lowest BCUT2D eigenvalue weighted by molar-refractivity contribution is 0.475. The molecule has 2 aromatic rings. The Labute approximate surface area is 98.2 Å². The fourth-order valence-corrected chi connectivity index (χ4v) is 1.50. The van der Waals surface area contributed by atoms with Crippen molar-refractivity contribution in [3.63, 3.8) is 0 Å². The summed E-state index contributed by atoms with van der Waals surface area (Å²) in [7, 11) is 1.59. The molecule has 0 unspecified atom stereocenters. The Kier molecular flexibility index (Phi) is 2.91. The van der Waals surface area contributed by atoms with Gasteiger partial charge in [0.2, 0.25) is 0 Å². The molecule has 0 saturated carbocycles. The number of benzene rings is 1. The third-order valence-electron chi connectivity index (χ3n) is 2.36. The highest BCUT2D eigenvalue weighted by molar-refractivity contribution is 5.59. The van der Waals surface area contributed by atoms with E-state index in [1.54, 1.807) is 32.2 Å². The van der Waals surface area contributed by atoms with Gasteiger partial charge in [0, 0.05) is 12.6 Å². The van der Waals surface area contributed by atoms with Crippen LogP contribution in [0.3, 0.4) is 0 Å². The number of phenolic OH excluding ortho intramolecular Hbond substituents is 1. The van der Waals surface area contributed by atoms with Crippen LogP contribution in [0.2, 0.25) is 0 Å². The minimum Gasteiger partial charge on any atom is -0.508 e. The number of aromatic nitrogens is 2. The summed E-state index contributed by atoms with van der Waals surface area (Å²) in [4.78, 5) is 8.11. The maximum absolute atomic E-state index is 13.5. The van der Waals surface area contributed by atoms with Gasteiger partial charge in [-0.15, -0.1) is 0 Å². The molecule has 2 N–H and O–H groups in total. The lowest BCUT2D eigenvalue weighted by atomic mass is 10.2. The molecule has 0 aliphatic heterocycles. The van der Waals surface area contributed by atoms with E-state index in [9.17, 15) is 9.50 Å². The number of aromatic hydroxyl groups is 1. The summed E-state index contributed by atoms with van der Waals surface area (Å²) in [5.74, 6) is 0.190. The van der Waals surface area contributed by atoms with E-state index in [0.29, 0.717) is 11.4 Å². The van der Waals surface area contributed by atoms with Crippen LogP contribution in [0, 0.1) is 12.7 Å². The van der Waals surface area contributed by atoms with Crippen LogP contribution in [0.15, 0.2) is 24.3 Å². The molecule has 5 heteroatoms. The summed E-state index contributed by atoms with van der Waals surface area (Å²) in [5.41, 5.74) is 0.910. The molecule has 4 nitrogen and oxygen atoms in total. The fraction of sp³-hybridized carbons (Fsp3) is 0.167. The first-order valence-corrected chi connectivity index (χ1v) is 5.13. The van der Waals surface area contributed by atoms with Crippen LogP contribution in [0.25, 0.3) is 11.4 Å². The number of phenols is 1. The van der Waals surface area contributed by atoms with Crippen molar-refractivity contribution in [1.29, 1.82) is 0 Å². The van der Waals surface area contributed by atoms with E-state index in [1.807, 2.05) is 0 Å². The van der Waals surface area contributed by atoms with Crippen molar-refractivity contribution in [2.45, 2.75) is 6.92 Å². The zero-order chi connectivity index (χ0) is 12.4. The van der Waals surface area contributed by atoms with Crippen molar-refractivity contribution in [3.05, 3.63) is 35.8 Å². The highest BCUT2D eigenvalue weighted by Crippen LogP contribution is 2.23. The second-order valence-corrected chi connectivity index (χ2v) is 3.60. The molecule has 1 aromatic heterocycles. The molecule has 0 fully saturated rings. The summed E-state index contributed by atoms with van der Waals surface area (Å²) in [5, 5.41) is 12.1. The molecule has 0 aliphatic rings. The van der Waals surface area contributed by atoms with E-state index in [2.05, 4.69) is 15.3 Å². The van der Waals surface area contributed by atoms with Crippen molar-refractivity contribution in [2.24, 2.45) is 0 Å². The molecule has 0 aliphatic carbocycles. The van der Waals surface area contributed by atoms with Gasteiger partial charge in [0.1, 0.15) is 5.75 Å². The first-order chi connectivity index (χ1) is 8.11. The molecule has 0 spiro atoms. The summed E-state index contributed by atoms with van der Waals surface area (Å²) in [6.45, 7) is 1.57. The first kappa shape index (κ1) is 11.3. The van der Waals surface area contributed by atoms with Crippen LogP contribution < -0.4 is 5.32 Å². The topological polar surface area (TPSA) is 58.0 Å². The zero-order valence-corrected chi connectivity index (χ0v) is 9.53. The molecule has 0 radical (unpaired) electrons. The normalized spacial score (nSPS) is 10.3. The summed E-state index contributed by atoms with van der Waals surface area (Å²) in [6, 6.07) is 6.53. The van der Waals surface area contributed by atoms with Crippen LogP contribution in [0.1, 0.15) is 5.69 Å². The molecule has 0 amide bonds.